The van der Waals surface area contributed by atoms with E-state index in [1.165, 1.54) is 17.7 Å². The molecule has 0 saturated carbocycles. The van der Waals surface area contributed by atoms with Gasteiger partial charge in [-0.15, -0.1) is 0 Å². The van der Waals surface area contributed by atoms with E-state index in [0.29, 0.717) is 44.6 Å². The van der Waals surface area contributed by atoms with Gasteiger partial charge in [0, 0.05) is 38.3 Å². The maximum atomic E-state index is 12.5. The van der Waals surface area contributed by atoms with Gasteiger partial charge < -0.3 is 15.4 Å². The Morgan fingerprint density at radius 3 is 2.85 bits per heavy atom. The molecule has 0 bridgehead atoms. The summed E-state index contributed by atoms with van der Waals surface area (Å²) < 4.78 is 43.5. The molecule has 0 spiro atoms. The standard InChI is InChI=1S/C17H30F3N5O/c1-2-21-16(23-13-5-7-24(9-13)12-17(18,19)20)22-8-15-10-25-6-3-4-14(25)11-26-15/h13-15H,2-12H2,1H3,(H2,21,22,23). The van der Waals surface area contributed by atoms with Gasteiger partial charge in [-0.2, -0.15) is 13.2 Å². The van der Waals surface area contributed by atoms with E-state index in [2.05, 4.69) is 20.5 Å². The molecule has 0 aliphatic carbocycles. The third-order valence-electron chi connectivity index (χ3n) is 5.27. The molecule has 0 aromatic rings. The molecule has 3 atom stereocenters. The summed E-state index contributed by atoms with van der Waals surface area (Å²) in [6.07, 6.45) is -0.902. The fourth-order valence-corrected chi connectivity index (χ4v) is 4.05. The molecule has 2 N–H and O–H groups in total. The van der Waals surface area contributed by atoms with E-state index in [4.69, 9.17) is 4.74 Å². The number of aliphatic imine (C=N–C) groups is 1. The molecule has 0 amide bonds. The zero-order valence-corrected chi connectivity index (χ0v) is 15.4. The molecule has 3 saturated heterocycles. The van der Waals surface area contributed by atoms with Crippen LogP contribution in [-0.2, 0) is 4.74 Å². The van der Waals surface area contributed by atoms with E-state index >= 15 is 0 Å². The second-order valence-corrected chi connectivity index (χ2v) is 7.45. The van der Waals surface area contributed by atoms with Gasteiger partial charge in [0.2, 0.25) is 0 Å². The molecule has 3 rings (SSSR count). The zero-order valence-electron chi connectivity index (χ0n) is 15.4. The highest BCUT2D eigenvalue weighted by Gasteiger charge is 2.35. The van der Waals surface area contributed by atoms with E-state index < -0.39 is 12.7 Å². The first-order valence-electron chi connectivity index (χ1n) is 9.62. The Hall–Kier alpha value is -1.06. The molecule has 9 heteroatoms. The lowest BCUT2D eigenvalue weighted by atomic mass is 10.2. The van der Waals surface area contributed by atoms with Crippen molar-refractivity contribution in [2.24, 2.45) is 4.99 Å². The highest BCUT2D eigenvalue weighted by molar-refractivity contribution is 5.80. The molecule has 3 unspecified atom stereocenters. The smallest absolute Gasteiger partial charge is 0.373 e. The summed E-state index contributed by atoms with van der Waals surface area (Å²) in [4.78, 5) is 8.54. The number of morpholine rings is 1. The number of ether oxygens (including phenoxy) is 1. The number of hydrogen-bond donors (Lipinski definition) is 2. The van der Waals surface area contributed by atoms with E-state index in [1.54, 1.807) is 0 Å². The Labute approximate surface area is 153 Å². The third kappa shape index (κ3) is 5.72. The minimum absolute atomic E-state index is 0.00890. The monoisotopic (exact) mass is 377 g/mol. The fourth-order valence-electron chi connectivity index (χ4n) is 4.05. The quantitative estimate of drug-likeness (QED) is 0.554. The zero-order chi connectivity index (χ0) is 18.6. The summed E-state index contributed by atoms with van der Waals surface area (Å²) in [6, 6.07) is 0.560. The molecule has 6 nitrogen and oxygen atoms in total. The number of rotatable bonds is 5. The van der Waals surface area contributed by atoms with Crippen LogP contribution in [0.15, 0.2) is 4.99 Å². The van der Waals surface area contributed by atoms with Crippen LogP contribution in [0.2, 0.25) is 0 Å². The molecular weight excluding hydrogens is 347 g/mol. The van der Waals surface area contributed by atoms with Crippen molar-refractivity contribution in [1.29, 1.82) is 0 Å². The number of halogens is 3. The molecular formula is C17H30F3N5O. The van der Waals surface area contributed by atoms with Crippen LogP contribution < -0.4 is 10.6 Å². The highest BCUT2D eigenvalue weighted by atomic mass is 19.4. The maximum absolute atomic E-state index is 12.5. The molecule has 3 fully saturated rings. The summed E-state index contributed by atoms with van der Waals surface area (Å²) in [5.41, 5.74) is 0. The van der Waals surface area contributed by atoms with Crippen molar-refractivity contribution in [2.75, 3.05) is 52.4 Å². The van der Waals surface area contributed by atoms with Crippen LogP contribution in [0.5, 0.6) is 0 Å². The Kier molecular flexibility index (Phi) is 6.63. The molecule has 0 radical (unpaired) electrons. The second-order valence-electron chi connectivity index (χ2n) is 7.45. The summed E-state index contributed by atoms with van der Waals surface area (Å²) in [7, 11) is 0. The fraction of sp³-hybridized carbons (Fsp3) is 0.941. The van der Waals surface area contributed by atoms with Crippen molar-refractivity contribution >= 4 is 5.96 Å². The van der Waals surface area contributed by atoms with Gasteiger partial charge in [-0.1, -0.05) is 0 Å². The number of nitrogens with zero attached hydrogens (tertiary/aromatic N) is 3. The Bertz CT molecular complexity index is 488. The van der Waals surface area contributed by atoms with Gasteiger partial charge in [0.1, 0.15) is 0 Å². The lowest BCUT2D eigenvalue weighted by molar-refractivity contribution is -0.143. The molecule has 3 heterocycles. The van der Waals surface area contributed by atoms with E-state index in [0.717, 1.165) is 19.7 Å². The van der Waals surface area contributed by atoms with E-state index in [9.17, 15) is 13.2 Å². The van der Waals surface area contributed by atoms with E-state index in [-0.39, 0.29) is 12.1 Å². The van der Waals surface area contributed by atoms with Crippen LogP contribution in [0.1, 0.15) is 26.2 Å². The van der Waals surface area contributed by atoms with Crippen LogP contribution in [-0.4, -0.2) is 92.5 Å². The Morgan fingerprint density at radius 2 is 2.08 bits per heavy atom. The first kappa shape index (κ1) is 19.7. The molecule has 150 valence electrons. The lowest BCUT2D eigenvalue weighted by Crippen LogP contribution is -2.48. The summed E-state index contributed by atoms with van der Waals surface area (Å²) >= 11 is 0. The van der Waals surface area contributed by atoms with Gasteiger partial charge in [-0.05, 0) is 32.7 Å². The molecule has 3 aliphatic heterocycles. The second kappa shape index (κ2) is 8.75. The van der Waals surface area contributed by atoms with Gasteiger partial charge in [0.05, 0.1) is 25.8 Å². The van der Waals surface area contributed by atoms with Gasteiger partial charge in [-0.25, -0.2) is 0 Å². The van der Waals surface area contributed by atoms with Crippen molar-refractivity contribution in [3.63, 3.8) is 0 Å². The summed E-state index contributed by atoms with van der Waals surface area (Å²) in [6.45, 7) is 6.10. The van der Waals surface area contributed by atoms with Gasteiger partial charge >= 0.3 is 6.18 Å². The van der Waals surface area contributed by atoms with Crippen LogP contribution in [0, 0.1) is 0 Å². The predicted molar refractivity (Wildman–Crippen MR) is 94.3 cm³/mol. The first-order chi connectivity index (χ1) is 12.4. The van der Waals surface area contributed by atoms with Crippen LogP contribution in [0.4, 0.5) is 13.2 Å². The average Bonchev–Trinajstić information content (AvgIpc) is 3.20. The van der Waals surface area contributed by atoms with E-state index in [1.807, 2.05) is 6.92 Å². The summed E-state index contributed by atoms with van der Waals surface area (Å²) in [5.74, 6) is 0.665. The highest BCUT2D eigenvalue weighted by Crippen LogP contribution is 2.23. The number of nitrogens with one attached hydrogen (secondary N) is 2. The normalized spacial score (nSPS) is 31.2. The minimum atomic E-state index is -4.14. The Balaban J connectivity index is 1.47. The first-order valence-corrected chi connectivity index (χ1v) is 9.62. The molecule has 26 heavy (non-hydrogen) atoms. The van der Waals surface area contributed by atoms with Crippen molar-refractivity contribution in [3.8, 4) is 0 Å². The number of fused-ring (bicyclic) bond motifs is 1. The van der Waals surface area contributed by atoms with Crippen molar-refractivity contribution in [1.82, 2.24) is 20.4 Å². The van der Waals surface area contributed by atoms with Crippen molar-refractivity contribution in [3.05, 3.63) is 0 Å². The average molecular weight is 377 g/mol. The van der Waals surface area contributed by atoms with Crippen LogP contribution >= 0.6 is 0 Å². The number of guanidine groups is 1. The predicted octanol–water partition coefficient (Wildman–Crippen LogP) is 1.04. The number of alkyl halides is 3. The van der Waals surface area contributed by atoms with Crippen molar-refractivity contribution < 1.29 is 17.9 Å². The topological polar surface area (TPSA) is 52.1 Å². The Morgan fingerprint density at radius 1 is 1.23 bits per heavy atom. The van der Waals surface area contributed by atoms with Gasteiger partial charge in [0.15, 0.2) is 5.96 Å². The molecule has 3 aliphatic rings. The molecule has 0 aromatic carbocycles. The lowest BCUT2D eigenvalue weighted by Gasteiger charge is -2.34. The third-order valence-corrected chi connectivity index (χ3v) is 5.27. The van der Waals surface area contributed by atoms with Crippen LogP contribution in [0.25, 0.3) is 0 Å². The van der Waals surface area contributed by atoms with Gasteiger partial charge in [0.25, 0.3) is 0 Å². The maximum Gasteiger partial charge on any atom is 0.401 e. The number of hydrogen-bond acceptors (Lipinski definition) is 4. The molecule has 0 aromatic heterocycles. The van der Waals surface area contributed by atoms with Crippen LogP contribution in [0.3, 0.4) is 0 Å². The minimum Gasteiger partial charge on any atom is -0.373 e. The van der Waals surface area contributed by atoms with Crippen molar-refractivity contribution in [2.45, 2.75) is 50.6 Å². The van der Waals surface area contributed by atoms with Gasteiger partial charge in [-0.3, -0.25) is 14.8 Å². The largest absolute Gasteiger partial charge is 0.401 e. The summed E-state index contributed by atoms with van der Waals surface area (Å²) in [5, 5.41) is 6.47. The SMILES string of the molecule is CCNC(=NCC1CN2CCCC2CO1)NC1CCN(CC(F)(F)F)C1. The number of likely N-dealkylation sites (tertiary alicyclic amines) is 1.